The molecule has 0 fully saturated rings. The Morgan fingerprint density at radius 2 is 1.33 bits per heavy atom. The fourth-order valence-corrected chi connectivity index (χ4v) is 6.57. The molecule has 0 spiro atoms. The van der Waals surface area contributed by atoms with Gasteiger partial charge in [0, 0.05) is 29.6 Å². The number of nitrogens with zero attached hydrogens (tertiary/aromatic N) is 2. The van der Waals surface area contributed by atoms with Crippen LogP contribution in [0.15, 0.2) is 114 Å². The number of anilines is 1. The molecule has 2 amide bonds. The number of carbonyl (C=O) groups is 2. The molecule has 4 aromatic carbocycles. The Balaban J connectivity index is 1.80. The minimum Gasteiger partial charge on any atom is -0.354 e. The van der Waals surface area contributed by atoms with Crippen molar-refractivity contribution in [3.63, 3.8) is 0 Å². The minimum atomic E-state index is -4.24. The second kappa shape index (κ2) is 15.0. The van der Waals surface area contributed by atoms with Crippen molar-refractivity contribution in [2.45, 2.75) is 37.2 Å². The molecule has 224 valence electrons. The number of sulfonamides is 1. The second-order valence-corrected chi connectivity index (χ2v) is 12.7. The van der Waals surface area contributed by atoms with Crippen LogP contribution in [0.25, 0.3) is 0 Å². The van der Waals surface area contributed by atoms with Gasteiger partial charge in [-0.15, -0.1) is 0 Å². The van der Waals surface area contributed by atoms with Crippen molar-refractivity contribution in [1.29, 1.82) is 0 Å². The molecule has 4 aromatic rings. The summed E-state index contributed by atoms with van der Waals surface area (Å²) in [6.07, 6.45) is 0.957. The van der Waals surface area contributed by atoms with E-state index >= 15 is 0 Å². The summed E-state index contributed by atoms with van der Waals surface area (Å²) in [7, 11) is -4.24. The summed E-state index contributed by atoms with van der Waals surface area (Å²) in [5.41, 5.74) is 1.78. The lowest BCUT2D eigenvalue weighted by atomic mass is 10.0. The van der Waals surface area contributed by atoms with E-state index in [1.165, 1.54) is 35.2 Å². The zero-order chi connectivity index (χ0) is 30.8. The predicted molar refractivity (Wildman–Crippen MR) is 172 cm³/mol. The molecular weight excluding hydrogens is 605 g/mol. The molecule has 7 nitrogen and oxygen atoms in total. The van der Waals surface area contributed by atoms with Gasteiger partial charge >= 0.3 is 0 Å². The van der Waals surface area contributed by atoms with Gasteiger partial charge in [-0.1, -0.05) is 109 Å². The van der Waals surface area contributed by atoms with Crippen LogP contribution in [0.5, 0.6) is 0 Å². The van der Waals surface area contributed by atoms with Gasteiger partial charge in [0.05, 0.1) is 10.6 Å². The van der Waals surface area contributed by atoms with E-state index in [4.69, 9.17) is 23.2 Å². The first-order chi connectivity index (χ1) is 20.7. The molecule has 1 unspecified atom stereocenters. The first-order valence-corrected chi connectivity index (χ1v) is 16.1. The van der Waals surface area contributed by atoms with Crippen LogP contribution < -0.4 is 9.62 Å². The van der Waals surface area contributed by atoms with Crippen LogP contribution in [0.4, 0.5) is 5.69 Å². The van der Waals surface area contributed by atoms with E-state index in [1.54, 1.807) is 18.2 Å². The molecular formula is C33H33Cl2N3O4S. The number of halogens is 2. The van der Waals surface area contributed by atoms with Crippen molar-refractivity contribution in [2.75, 3.05) is 17.4 Å². The van der Waals surface area contributed by atoms with E-state index in [2.05, 4.69) is 5.32 Å². The van der Waals surface area contributed by atoms with Gasteiger partial charge < -0.3 is 10.2 Å². The number of benzene rings is 4. The number of nitrogens with one attached hydrogen (secondary N) is 1. The van der Waals surface area contributed by atoms with Crippen molar-refractivity contribution in [3.8, 4) is 0 Å². The molecule has 1 atom stereocenters. The van der Waals surface area contributed by atoms with Crippen molar-refractivity contribution >= 4 is 50.7 Å². The minimum absolute atomic E-state index is 0.00460. The standard InChI is InChI=1S/C33H33Cl2N3O4S/c1-2-18-36-33(40)31(19-25-12-6-3-7-13-25)37(23-26-14-8-4-9-15-26)32(39)24-38(29-21-27(34)20-28(35)22-29)43(41,42)30-16-10-5-11-17-30/h3-17,20-22,31H,2,18-19,23-24H2,1H3,(H,36,40). The van der Waals surface area contributed by atoms with E-state index in [9.17, 15) is 18.0 Å². The molecule has 0 saturated heterocycles. The highest BCUT2D eigenvalue weighted by molar-refractivity contribution is 7.92. The smallest absolute Gasteiger partial charge is 0.264 e. The highest BCUT2D eigenvalue weighted by Crippen LogP contribution is 2.30. The van der Waals surface area contributed by atoms with E-state index in [-0.39, 0.29) is 39.5 Å². The van der Waals surface area contributed by atoms with Gasteiger partial charge in [-0.25, -0.2) is 8.42 Å². The Bertz CT molecular complexity index is 1600. The van der Waals surface area contributed by atoms with Gasteiger partial charge in [0.1, 0.15) is 12.6 Å². The Labute approximate surface area is 263 Å². The topological polar surface area (TPSA) is 86.8 Å². The molecule has 0 aliphatic rings. The van der Waals surface area contributed by atoms with E-state index in [0.717, 1.165) is 21.9 Å². The number of amides is 2. The number of rotatable bonds is 13. The fourth-order valence-electron chi connectivity index (χ4n) is 4.63. The molecule has 0 radical (unpaired) electrons. The van der Waals surface area contributed by atoms with Crippen LogP contribution in [-0.4, -0.2) is 44.3 Å². The lowest BCUT2D eigenvalue weighted by Crippen LogP contribution is -2.53. The van der Waals surface area contributed by atoms with Crippen molar-refractivity contribution in [1.82, 2.24) is 10.2 Å². The van der Waals surface area contributed by atoms with E-state index in [0.29, 0.717) is 6.54 Å². The van der Waals surface area contributed by atoms with Crippen LogP contribution in [0.3, 0.4) is 0 Å². The molecule has 43 heavy (non-hydrogen) atoms. The van der Waals surface area contributed by atoms with Crippen LogP contribution >= 0.6 is 23.2 Å². The van der Waals surface area contributed by atoms with Gasteiger partial charge in [-0.2, -0.15) is 0 Å². The molecule has 0 aliphatic heterocycles. The maximum absolute atomic E-state index is 14.4. The average Bonchev–Trinajstić information content (AvgIpc) is 3.01. The van der Waals surface area contributed by atoms with Gasteiger partial charge in [-0.05, 0) is 47.9 Å². The largest absolute Gasteiger partial charge is 0.354 e. The Kier molecular flexibility index (Phi) is 11.2. The van der Waals surface area contributed by atoms with Crippen LogP contribution in [0, 0.1) is 0 Å². The fraction of sp³-hybridized carbons (Fsp3) is 0.212. The third kappa shape index (κ3) is 8.60. The molecule has 0 saturated carbocycles. The number of hydrogen-bond donors (Lipinski definition) is 1. The first kappa shape index (κ1) is 32.1. The number of carbonyl (C=O) groups excluding carboxylic acids is 2. The summed E-state index contributed by atoms with van der Waals surface area (Å²) in [6.45, 7) is 1.88. The van der Waals surface area contributed by atoms with Gasteiger partial charge in [0.25, 0.3) is 10.0 Å². The zero-order valence-corrected chi connectivity index (χ0v) is 26.0. The monoisotopic (exact) mass is 637 g/mol. The quantitative estimate of drug-likeness (QED) is 0.185. The molecule has 0 heterocycles. The molecule has 0 aromatic heterocycles. The highest BCUT2D eigenvalue weighted by atomic mass is 35.5. The third-order valence-electron chi connectivity index (χ3n) is 6.76. The molecule has 10 heteroatoms. The van der Waals surface area contributed by atoms with Crippen molar-refractivity contribution in [2.24, 2.45) is 0 Å². The van der Waals surface area contributed by atoms with Crippen molar-refractivity contribution < 1.29 is 18.0 Å². The van der Waals surface area contributed by atoms with Gasteiger partial charge in [0.2, 0.25) is 11.8 Å². The first-order valence-electron chi connectivity index (χ1n) is 13.9. The number of hydrogen-bond acceptors (Lipinski definition) is 4. The Morgan fingerprint density at radius 1 is 0.791 bits per heavy atom. The summed E-state index contributed by atoms with van der Waals surface area (Å²) >= 11 is 12.5. The summed E-state index contributed by atoms with van der Waals surface area (Å²) in [6, 6.07) is 30.0. The Hall–Kier alpha value is -3.85. The zero-order valence-electron chi connectivity index (χ0n) is 23.7. The third-order valence-corrected chi connectivity index (χ3v) is 8.99. The lowest BCUT2D eigenvalue weighted by Gasteiger charge is -2.34. The van der Waals surface area contributed by atoms with Gasteiger partial charge in [0.15, 0.2) is 0 Å². The van der Waals surface area contributed by atoms with Crippen LogP contribution in [0.1, 0.15) is 24.5 Å². The lowest BCUT2D eigenvalue weighted by molar-refractivity contribution is -0.140. The second-order valence-electron chi connectivity index (χ2n) is 9.96. The maximum Gasteiger partial charge on any atom is 0.264 e. The van der Waals surface area contributed by atoms with Crippen molar-refractivity contribution in [3.05, 3.63) is 130 Å². The summed E-state index contributed by atoms with van der Waals surface area (Å²) < 4.78 is 29.0. The van der Waals surface area contributed by atoms with E-state index in [1.807, 2.05) is 67.6 Å². The predicted octanol–water partition coefficient (Wildman–Crippen LogP) is 6.36. The normalized spacial score (nSPS) is 11.9. The summed E-state index contributed by atoms with van der Waals surface area (Å²) in [5.74, 6) is -0.884. The Morgan fingerprint density at radius 3 is 1.88 bits per heavy atom. The van der Waals surface area contributed by atoms with Gasteiger partial charge in [-0.3, -0.25) is 13.9 Å². The highest BCUT2D eigenvalue weighted by Gasteiger charge is 2.34. The average molecular weight is 639 g/mol. The molecule has 1 N–H and O–H groups in total. The SMILES string of the molecule is CCCNC(=O)C(Cc1ccccc1)N(Cc1ccccc1)C(=O)CN(c1cc(Cl)cc(Cl)c1)S(=O)(=O)c1ccccc1. The summed E-state index contributed by atoms with van der Waals surface area (Å²) in [5, 5.41) is 3.36. The summed E-state index contributed by atoms with van der Waals surface area (Å²) in [4.78, 5) is 29.4. The molecule has 4 rings (SSSR count). The van der Waals surface area contributed by atoms with Crippen LogP contribution in [0.2, 0.25) is 10.0 Å². The van der Waals surface area contributed by atoms with Crippen LogP contribution in [-0.2, 0) is 32.6 Å². The molecule has 0 aliphatic carbocycles. The maximum atomic E-state index is 14.4. The van der Waals surface area contributed by atoms with E-state index < -0.39 is 28.5 Å². The molecule has 0 bridgehead atoms.